The number of hydrogen-bond acceptors (Lipinski definition) is 3. The molecule has 0 saturated carbocycles. The lowest BCUT2D eigenvalue weighted by Crippen LogP contribution is -1.79. The van der Waals surface area contributed by atoms with Crippen LogP contribution in [0, 0.1) is 0 Å². The molecule has 1 heterocycles. The summed E-state index contributed by atoms with van der Waals surface area (Å²) in [7, 11) is 0. The minimum Gasteiger partial charge on any atom is -0.430 e. The highest BCUT2D eigenvalue weighted by Gasteiger charge is 2.13. The van der Waals surface area contributed by atoms with E-state index in [2.05, 4.69) is 20.9 Å². The van der Waals surface area contributed by atoms with Crippen LogP contribution in [0.4, 0.5) is 8.78 Å². The Morgan fingerprint density at radius 2 is 2.21 bits per heavy atom. The van der Waals surface area contributed by atoms with Gasteiger partial charge in [0.25, 0.3) is 11.0 Å². The summed E-state index contributed by atoms with van der Waals surface area (Å²) in [5, 5.41) is -0.0121. The van der Waals surface area contributed by atoms with E-state index in [1.807, 2.05) is 0 Å². The van der Waals surface area contributed by atoms with Crippen molar-refractivity contribution >= 4 is 38.8 Å². The van der Waals surface area contributed by atoms with Crippen LogP contribution in [0.3, 0.4) is 0 Å². The second-order valence-corrected chi connectivity index (χ2v) is 4.24. The zero-order valence-electron chi connectivity index (χ0n) is 6.71. The third-order valence-electron chi connectivity index (χ3n) is 1.54. The van der Waals surface area contributed by atoms with Gasteiger partial charge < -0.3 is 4.42 Å². The summed E-state index contributed by atoms with van der Waals surface area (Å²) in [4.78, 5) is 3.90. The fourth-order valence-electron chi connectivity index (χ4n) is 1.02. The standard InChI is InChI=1S/C8H4BrF2NOS/c9-4-2-1-3-5-6(4)13-8(12-5)14-7(10)11/h1-3,7H. The molecule has 0 aliphatic heterocycles. The van der Waals surface area contributed by atoms with E-state index in [1.54, 1.807) is 18.2 Å². The zero-order valence-corrected chi connectivity index (χ0v) is 9.11. The molecule has 2 nitrogen and oxygen atoms in total. The van der Waals surface area contributed by atoms with Gasteiger partial charge >= 0.3 is 0 Å². The van der Waals surface area contributed by atoms with Crippen molar-refractivity contribution in [1.29, 1.82) is 0 Å². The third kappa shape index (κ3) is 1.90. The molecule has 1 aromatic carbocycles. The number of aromatic nitrogens is 1. The number of rotatable bonds is 2. The molecule has 0 aliphatic carbocycles. The van der Waals surface area contributed by atoms with E-state index in [0.717, 1.165) is 0 Å². The molecule has 0 bridgehead atoms. The summed E-state index contributed by atoms with van der Waals surface area (Å²) in [5.41, 5.74) is 1.07. The van der Waals surface area contributed by atoms with Gasteiger partial charge in [0.15, 0.2) is 5.58 Å². The smallest absolute Gasteiger partial charge is 0.293 e. The first-order chi connectivity index (χ1) is 6.66. The predicted octanol–water partition coefficient (Wildman–Crippen LogP) is 3.91. The monoisotopic (exact) mass is 279 g/mol. The number of fused-ring (bicyclic) bond motifs is 1. The van der Waals surface area contributed by atoms with E-state index in [-0.39, 0.29) is 5.22 Å². The van der Waals surface area contributed by atoms with Gasteiger partial charge in [0, 0.05) is 11.8 Å². The Morgan fingerprint density at radius 1 is 1.43 bits per heavy atom. The van der Waals surface area contributed by atoms with Crippen LogP contribution in [-0.4, -0.2) is 10.7 Å². The summed E-state index contributed by atoms with van der Waals surface area (Å²) >= 11 is 3.55. The number of hydrogen-bond donors (Lipinski definition) is 0. The lowest BCUT2D eigenvalue weighted by molar-refractivity contribution is 0.249. The summed E-state index contributed by atoms with van der Waals surface area (Å²) in [5.74, 6) is -2.51. The van der Waals surface area contributed by atoms with Gasteiger partial charge in [-0.1, -0.05) is 6.07 Å². The van der Waals surface area contributed by atoms with E-state index in [9.17, 15) is 8.78 Å². The Labute approximate surface area is 90.8 Å². The number of nitrogens with zero attached hydrogens (tertiary/aromatic N) is 1. The zero-order chi connectivity index (χ0) is 10.1. The van der Waals surface area contributed by atoms with E-state index < -0.39 is 5.76 Å². The van der Waals surface area contributed by atoms with Crippen LogP contribution in [0.25, 0.3) is 11.1 Å². The second-order valence-electron chi connectivity index (χ2n) is 2.45. The minimum absolute atomic E-state index is 0.0121. The van der Waals surface area contributed by atoms with Crippen LogP contribution < -0.4 is 0 Å². The third-order valence-corrected chi connectivity index (χ3v) is 2.72. The highest BCUT2D eigenvalue weighted by atomic mass is 79.9. The normalized spacial score (nSPS) is 11.4. The van der Waals surface area contributed by atoms with Crippen molar-refractivity contribution in [3.05, 3.63) is 22.7 Å². The number of halogens is 3. The number of para-hydroxylation sites is 1. The molecule has 74 valence electrons. The summed E-state index contributed by atoms with van der Waals surface area (Å²) < 4.78 is 29.8. The molecule has 0 aliphatic rings. The van der Waals surface area contributed by atoms with Gasteiger partial charge in [-0.15, -0.1) is 0 Å². The average Bonchev–Trinajstić information content (AvgIpc) is 2.47. The number of alkyl halides is 2. The van der Waals surface area contributed by atoms with Gasteiger partial charge in [0.05, 0.1) is 4.47 Å². The average molecular weight is 280 g/mol. The van der Waals surface area contributed by atoms with E-state index in [1.165, 1.54) is 0 Å². The van der Waals surface area contributed by atoms with Crippen molar-refractivity contribution < 1.29 is 13.2 Å². The van der Waals surface area contributed by atoms with Crippen molar-refractivity contribution in [2.45, 2.75) is 11.0 Å². The van der Waals surface area contributed by atoms with Crippen LogP contribution in [0.5, 0.6) is 0 Å². The van der Waals surface area contributed by atoms with Crippen LogP contribution in [0.15, 0.2) is 32.3 Å². The Hall–Kier alpha value is -0.620. The molecule has 14 heavy (non-hydrogen) atoms. The van der Waals surface area contributed by atoms with Crippen LogP contribution in [-0.2, 0) is 0 Å². The molecule has 0 fully saturated rings. The molecule has 1 aromatic heterocycles. The van der Waals surface area contributed by atoms with Gasteiger partial charge in [0.2, 0.25) is 0 Å². The first kappa shape index (κ1) is 9.92. The SMILES string of the molecule is FC(F)Sc1nc2cccc(Br)c2o1. The molecule has 6 heteroatoms. The molecule has 0 atom stereocenters. The van der Waals surface area contributed by atoms with Gasteiger partial charge in [-0.3, -0.25) is 0 Å². The molecule has 2 rings (SSSR count). The van der Waals surface area contributed by atoms with Gasteiger partial charge in [-0.25, -0.2) is 4.98 Å². The van der Waals surface area contributed by atoms with Crippen molar-refractivity contribution in [3.63, 3.8) is 0 Å². The highest BCUT2D eigenvalue weighted by molar-refractivity contribution is 9.10. The summed E-state index contributed by atoms with van der Waals surface area (Å²) in [6.45, 7) is 0. The van der Waals surface area contributed by atoms with E-state index >= 15 is 0 Å². The van der Waals surface area contributed by atoms with Crippen molar-refractivity contribution in [2.75, 3.05) is 0 Å². The van der Waals surface area contributed by atoms with E-state index in [4.69, 9.17) is 4.42 Å². The maximum Gasteiger partial charge on any atom is 0.293 e. The lowest BCUT2D eigenvalue weighted by atomic mass is 10.3. The first-order valence-electron chi connectivity index (χ1n) is 3.66. The fraction of sp³-hybridized carbons (Fsp3) is 0.125. The number of thioether (sulfide) groups is 1. The maximum absolute atomic E-state index is 12.0. The van der Waals surface area contributed by atoms with Crippen molar-refractivity contribution in [3.8, 4) is 0 Å². The number of benzene rings is 1. The Morgan fingerprint density at radius 3 is 2.86 bits per heavy atom. The Balaban J connectivity index is 2.46. The van der Waals surface area contributed by atoms with Crippen LogP contribution in [0.2, 0.25) is 0 Å². The van der Waals surface area contributed by atoms with Crippen molar-refractivity contribution in [1.82, 2.24) is 4.98 Å². The molecule has 0 spiro atoms. The molecule has 0 saturated heterocycles. The Bertz CT molecular complexity index is 460. The second kappa shape index (κ2) is 3.86. The molecular formula is C8H4BrF2NOS. The largest absolute Gasteiger partial charge is 0.430 e. The maximum atomic E-state index is 12.0. The van der Waals surface area contributed by atoms with E-state index in [0.29, 0.717) is 27.3 Å². The molecule has 2 aromatic rings. The lowest BCUT2D eigenvalue weighted by Gasteiger charge is -1.90. The molecule has 0 unspecified atom stereocenters. The van der Waals surface area contributed by atoms with Crippen LogP contribution in [0.1, 0.15) is 0 Å². The highest BCUT2D eigenvalue weighted by Crippen LogP contribution is 2.31. The van der Waals surface area contributed by atoms with Crippen LogP contribution >= 0.6 is 27.7 Å². The van der Waals surface area contributed by atoms with Gasteiger partial charge in [-0.2, -0.15) is 8.78 Å². The minimum atomic E-state index is -2.51. The Kier molecular flexibility index (Phi) is 2.73. The first-order valence-corrected chi connectivity index (χ1v) is 5.34. The topological polar surface area (TPSA) is 26.0 Å². The quantitative estimate of drug-likeness (QED) is 0.780. The predicted molar refractivity (Wildman–Crippen MR) is 53.6 cm³/mol. The summed E-state index contributed by atoms with van der Waals surface area (Å²) in [6, 6.07) is 5.25. The molecule has 0 amide bonds. The molecule has 0 radical (unpaired) electrons. The number of oxazole rings is 1. The van der Waals surface area contributed by atoms with Gasteiger partial charge in [-0.05, 0) is 28.1 Å². The fourth-order valence-corrected chi connectivity index (χ4v) is 1.89. The molecule has 0 N–H and O–H groups in total. The summed E-state index contributed by atoms with van der Waals surface area (Å²) in [6.07, 6.45) is 0. The van der Waals surface area contributed by atoms with Crippen molar-refractivity contribution in [2.24, 2.45) is 0 Å². The van der Waals surface area contributed by atoms with Gasteiger partial charge in [0.1, 0.15) is 5.52 Å². The molecular weight excluding hydrogens is 276 g/mol.